The second-order valence-electron chi connectivity index (χ2n) is 7.43. The number of H-pyrrole nitrogens is 1. The highest BCUT2D eigenvalue weighted by atomic mass is 16.4. The number of carboxylic acid groups (broad SMARTS) is 1. The summed E-state index contributed by atoms with van der Waals surface area (Å²) in [6.07, 6.45) is 3.17. The molecular formula is C19H31N7O6. The van der Waals surface area contributed by atoms with E-state index in [4.69, 9.17) is 16.6 Å². The van der Waals surface area contributed by atoms with E-state index in [1.54, 1.807) is 6.92 Å². The topological polar surface area (TPSA) is 222 Å². The van der Waals surface area contributed by atoms with E-state index in [2.05, 4.69) is 25.9 Å². The summed E-state index contributed by atoms with van der Waals surface area (Å²) >= 11 is 0. The van der Waals surface area contributed by atoms with Gasteiger partial charge in [0, 0.05) is 24.7 Å². The van der Waals surface area contributed by atoms with E-state index in [0.717, 1.165) is 0 Å². The van der Waals surface area contributed by atoms with Crippen LogP contribution in [0.5, 0.6) is 0 Å². The number of nitrogens with two attached hydrogens (primary N) is 2. The van der Waals surface area contributed by atoms with Crippen LogP contribution in [0.15, 0.2) is 12.5 Å². The Morgan fingerprint density at radius 1 is 1.12 bits per heavy atom. The van der Waals surface area contributed by atoms with Gasteiger partial charge in [-0.2, -0.15) is 0 Å². The molecule has 0 aliphatic rings. The lowest BCUT2D eigenvalue weighted by Crippen LogP contribution is -2.57. The van der Waals surface area contributed by atoms with Crippen molar-refractivity contribution in [3.8, 4) is 0 Å². The summed E-state index contributed by atoms with van der Waals surface area (Å²) in [5.74, 6) is -4.14. The van der Waals surface area contributed by atoms with Crippen molar-refractivity contribution in [1.29, 1.82) is 0 Å². The average molecular weight is 454 g/mol. The molecule has 0 bridgehead atoms. The predicted octanol–water partition coefficient (Wildman–Crippen LogP) is -2.24. The van der Waals surface area contributed by atoms with Crippen LogP contribution in [0.1, 0.15) is 38.8 Å². The van der Waals surface area contributed by atoms with Crippen molar-refractivity contribution in [3.05, 3.63) is 18.2 Å². The van der Waals surface area contributed by atoms with Crippen molar-refractivity contribution in [1.82, 2.24) is 25.9 Å². The predicted molar refractivity (Wildman–Crippen MR) is 113 cm³/mol. The minimum absolute atomic E-state index is 0.0138. The smallest absolute Gasteiger partial charge is 0.322 e. The molecule has 1 aromatic heterocycles. The van der Waals surface area contributed by atoms with Gasteiger partial charge in [-0.1, -0.05) is 20.3 Å². The molecule has 13 heteroatoms. The fraction of sp³-hybridized carbons (Fsp3) is 0.579. The third-order valence-electron chi connectivity index (χ3n) is 4.90. The normalized spacial score (nSPS) is 14.5. The van der Waals surface area contributed by atoms with Crippen molar-refractivity contribution in [3.63, 3.8) is 0 Å². The fourth-order valence-electron chi connectivity index (χ4n) is 2.72. The standard InChI is InChI=1S/C19H31N7O6/c1-3-10(2)16(21)19(32)25-12(4-5-14(20)27)18(31)26-13(6-11-7-22-9-24-11)17(30)23-8-15(28)29/h7,9-10,12-13,16H,3-6,8,21H2,1-2H3,(H2,20,27)(H,22,24)(H,23,30)(H,25,32)(H,26,31)(H,28,29). The van der Waals surface area contributed by atoms with Crippen LogP contribution in [0.2, 0.25) is 0 Å². The molecule has 0 spiro atoms. The summed E-state index contributed by atoms with van der Waals surface area (Å²) in [5, 5.41) is 16.0. The number of nitrogens with one attached hydrogen (secondary N) is 4. The van der Waals surface area contributed by atoms with E-state index in [-0.39, 0.29) is 25.2 Å². The van der Waals surface area contributed by atoms with E-state index in [0.29, 0.717) is 12.1 Å². The summed E-state index contributed by atoms with van der Waals surface area (Å²) in [6, 6.07) is -3.22. The molecule has 13 nitrogen and oxygen atoms in total. The van der Waals surface area contributed by atoms with Gasteiger partial charge in [-0.15, -0.1) is 0 Å². The number of aromatic nitrogens is 2. The van der Waals surface area contributed by atoms with E-state index < -0.39 is 54.3 Å². The van der Waals surface area contributed by atoms with Gasteiger partial charge in [0.1, 0.15) is 18.6 Å². The number of hydrogen-bond acceptors (Lipinski definition) is 7. The zero-order chi connectivity index (χ0) is 24.3. The lowest BCUT2D eigenvalue weighted by molar-refractivity contribution is -0.138. The molecule has 9 N–H and O–H groups in total. The number of carbonyl (C=O) groups is 5. The van der Waals surface area contributed by atoms with Crippen LogP contribution in [-0.4, -0.2) is 69.3 Å². The maximum Gasteiger partial charge on any atom is 0.322 e. The number of hydrogen-bond donors (Lipinski definition) is 7. The first-order chi connectivity index (χ1) is 15.0. The summed E-state index contributed by atoms with van der Waals surface area (Å²) in [6.45, 7) is 3.01. The number of imidazole rings is 1. The average Bonchev–Trinajstić information content (AvgIpc) is 3.25. The first-order valence-electron chi connectivity index (χ1n) is 10.2. The maximum absolute atomic E-state index is 12.9. The van der Waals surface area contributed by atoms with Crippen molar-refractivity contribution in [2.45, 2.75) is 57.7 Å². The Balaban J connectivity index is 2.98. The molecular weight excluding hydrogens is 422 g/mol. The summed E-state index contributed by atoms with van der Waals surface area (Å²) in [5.41, 5.74) is 11.6. The lowest BCUT2D eigenvalue weighted by Gasteiger charge is -2.25. The van der Waals surface area contributed by atoms with Crippen LogP contribution in [0.25, 0.3) is 0 Å². The molecule has 0 aliphatic heterocycles. The molecule has 32 heavy (non-hydrogen) atoms. The number of aliphatic carboxylic acids is 1. The highest BCUT2D eigenvalue weighted by Crippen LogP contribution is 2.07. The Labute approximate surface area is 185 Å². The lowest BCUT2D eigenvalue weighted by atomic mass is 9.98. The largest absolute Gasteiger partial charge is 0.480 e. The van der Waals surface area contributed by atoms with Crippen LogP contribution < -0.4 is 27.4 Å². The van der Waals surface area contributed by atoms with Gasteiger partial charge in [0.2, 0.25) is 23.6 Å². The zero-order valence-corrected chi connectivity index (χ0v) is 18.1. The minimum Gasteiger partial charge on any atom is -0.480 e. The number of aromatic amines is 1. The first kappa shape index (κ1) is 26.6. The molecule has 0 radical (unpaired) electrons. The number of nitrogens with zero attached hydrogens (tertiary/aromatic N) is 1. The molecule has 1 aromatic rings. The number of amides is 4. The molecule has 4 amide bonds. The van der Waals surface area contributed by atoms with Gasteiger partial charge in [-0.05, 0) is 12.3 Å². The second kappa shape index (κ2) is 13.0. The van der Waals surface area contributed by atoms with E-state index in [1.165, 1.54) is 12.5 Å². The molecule has 0 saturated heterocycles. The molecule has 1 rings (SSSR count). The van der Waals surface area contributed by atoms with Crippen molar-refractivity contribution in [2.24, 2.45) is 17.4 Å². The van der Waals surface area contributed by atoms with E-state index in [1.807, 2.05) is 6.92 Å². The number of carboxylic acids is 1. The Hall–Kier alpha value is -3.48. The van der Waals surface area contributed by atoms with Crippen molar-refractivity contribution in [2.75, 3.05) is 6.54 Å². The monoisotopic (exact) mass is 453 g/mol. The summed E-state index contributed by atoms with van der Waals surface area (Å²) in [4.78, 5) is 66.4. The SMILES string of the molecule is CCC(C)C(N)C(=O)NC(CCC(N)=O)C(=O)NC(Cc1cnc[nH]1)C(=O)NCC(=O)O. The van der Waals surface area contributed by atoms with Gasteiger partial charge >= 0.3 is 5.97 Å². The highest BCUT2D eigenvalue weighted by molar-refractivity contribution is 5.94. The van der Waals surface area contributed by atoms with Crippen molar-refractivity contribution < 1.29 is 29.1 Å². The fourth-order valence-corrected chi connectivity index (χ4v) is 2.72. The van der Waals surface area contributed by atoms with Crippen LogP contribution in [0.4, 0.5) is 0 Å². The maximum atomic E-state index is 12.9. The van der Waals surface area contributed by atoms with Crippen LogP contribution in [0, 0.1) is 5.92 Å². The third kappa shape index (κ3) is 9.12. The van der Waals surface area contributed by atoms with Gasteiger partial charge in [-0.3, -0.25) is 24.0 Å². The van der Waals surface area contributed by atoms with Gasteiger partial charge in [0.15, 0.2) is 0 Å². The zero-order valence-electron chi connectivity index (χ0n) is 18.1. The molecule has 4 atom stereocenters. The second-order valence-corrected chi connectivity index (χ2v) is 7.43. The molecule has 0 saturated carbocycles. The van der Waals surface area contributed by atoms with E-state index >= 15 is 0 Å². The summed E-state index contributed by atoms with van der Waals surface area (Å²) < 4.78 is 0. The molecule has 1 heterocycles. The molecule has 0 aliphatic carbocycles. The molecule has 4 unspecified atom stereocenters. The Morgan fingerprint density at radius 3 is 2.31 bits per heavy atom. The minimum atomic E-state index is -1.25. The van der Waals surface area contributed by atoms with Crippen LogP contribution >= 0.6 is 0 Å². The molecule has 0 aromatic carbocycles. The van der Waals surface area contributed by atoms with Crippen LogP contribution in [-0.2, 0) is 30.4 Å². The Bertz CT molecular complexity index is 798. The quantitative estimate of drug-likeness (QED) is 0.163. The van der Waals surface area contributed by atoms with Gasteiger partial charge in [0.05, 0.1) is 12.4 Å². The number of primary amides is 1. The third-order valence-corrected chi connectivity index (χ3v) is 4.90. The number of rotatable bonds is 14. The van der Waals surface area contributed by atoms with Crippen molar-refractivity contribution >= 4 is 29.6 Å². The van der Waals surface area contributed by atoms with Gasteiger partial charge in [-0.25, -0.2) is 4.98 Å². The van der Waals surface area contributed by atoms with Crippen LogP contribution in [0.3, 0.4) is 0 Å². The summed E-state index contributed by atoms with van der Waals surface area (Å²) in [7, 11) is 0. The van der Waals surface area contributed by atoms with Gasteiger partial charge in [0.25, 0.3) is 0 Å². The van der Waals surface area contributed by atoms with Gasteiger partial charge < -0.3 is 37.5 Å². The molecule has 178 valence electrons. The van der Waals surface area contributed by atoms with E-state index in [9.17, 15) is 24.0 Å². The molecule has 0 fully saturated rings. The Kier molecular flexibility index (Phi) is 10.8. The number of carbonyl (C=O) groups excluding carboxylic acids is 4. The Morgan fingerprint density at radius 2 is 1.78 bits per heavy atom. The highest BCUT2D eigenvalue weighted by Gasteiger charge is 2.30. The first-order valence-corrected chi connectivity index (χ1v) is 10.2.